The quantitative estimate of drug-likeness (QED) is 0.618. The molecule has 140 valence electrons. The summed E-state index contributed by atoms with van der Waals surface area (Å²) >= 11 is 0. The van der Waals surface area contributed by atoms with E-state index in [0.29, 0.717) is 29.6 Å². The first-order chi connectivity index (χ1) is 13.2. The van der Waals surface area contributed by atoms with Crippen LogP contribution in [-0.4, -0.2) is 47.6 Å². The summed E-state index contributed by atoms with van der Waals surface area (Å²) in [5.74, 6) is 2.72. The van der Waals surface area contributed by atoms with Crippen LogP contribution in [-0.2, 0) is 0 Å². The Morgan fingerprint density at radius 3 is 2.63 bits per heavy atom. The van der Waals surface area contributed by atoms with Crippen LogP contribution in [0.15, 0.2) is 51.5 Å². The van der Waals surface area contributed by atoms with E-state index in [-0.39, 0.29) is 11.7 Å². The number of benzene rings is 1. The number of hydrogen-bond donors (Lipinski definition) is 0. The lowest BCUT2D eigenvalue weighted by atomic mass is 9.96. The molecule has 7 nitrogen and oxygen atoms in total. The summed E-state index contributed by atoms with van der Waals surface area (Å²) in [7, 11) is 1.61. The number of hydrogen-bond acceptors (Lipinski definition) is 7. The third-order valence-electron chi connectivity index (χ3n) is 4.89. The lowest BCUT2D eigenvalue weighted by Gasteiger charge is -2.29. The number of methoxy groups -OCH3 is 1. The zero-order valence-electron chi connectivity index (χ0n) is 15.1. The van der Waals surface area contributed by atoms with Gasteiger partial charge in [0, 0.05) is 11.5 Å². The molecule has 1 aromatic carbocycles. The molecule has 4 rings (SSSR count). The lowest BCUT2D eigenvalue weighted by Crippen LogP contribution is -2.36. The Kier molecular flexibility index (Phi) is 5.02. The van der Waals surface area contributed by atoms with E-state index in [1.807, 2.05) is 24.3 Å². The fourth-order valence-electron chi connectivity index (χ4n) is 3.31. The van der Waals surface area contributed by atoms with E-state index in [0.717, 1.165) is 31.7 Å². The van der Waals surface area contributed by atoms with E-state index in [2.05, 4.69) is 15.1 Å². The first kappa shape index (κ1) is 17.5. The lowest BCUT2D eigenvalue weighted by molar-refractivity contribution is 0.0906. The van der Waals surface area contributed by atoms with Gasteiger partial charge in [0.05, 0.1) is 19.9 Å². The van der Waals surface area contributed by atoms with Crippen LogP contribution in [0.3, 0.4) is 0 Å². The second-order valence-corrected chi connectivity index (χ2v) is 6.62. The molecule has 0 atom stereocenters. The van der Waals surface area contributed by atoms with E-state index in [4.69, 9.17) is 13.6 Å². The fourth-order valence-corrected chi connectivity index (χ4v) is 3.31. The number of Topliss-reactive ketones (excluding diaryl/α,β-unsaturated/α-hetero) is 1. The average molecular weight is 367 g/mol. The van der Waals surface area contributed by atoms with Crippen LogP contribution < -0.4 is 4.74 Å². The minimum atomic E-state index is 0.119. The summed E-state index contributed by atoms with van der Waals surface area (Å²) in [6.45, 7) is 2.07. The number of ether oxygens (including phenoxy) is 1. The van der Waals surface area contributed by atoms with Crippen molar-refractivity contribution in [2.75, 3.05) is 26.7 Å². The van der Waals surface area contributed by atoms with Gasteiger partial charge in [0.1, 0.15) is 5.75 Å². The zero-order chi connectivity index (χ0) is 18.6. The Labute approximate surface area is 156 Å². The van der Waals surface area contributed by atoms with Crippen molar-refractivity contribution in [3.05, 3.63) is 54.1 Å². The van der Waals surface area contributed by atoms with Gasteiger partial charge in [-0.3, -0.25) is 9.69 Å². The molecule has 1 aliphatic rings. The largest absolute Gasteiger partial charge is 0.497 e. The topological polar surface area (TPSA) is 81.6 Å². The van der Waals surface area contributed by atoms with Gasteiger partial charge < -0.3 is 13.6 Å². The molecule has 7 heteroatoms. The van der Waals surface area contributed by atoms with E-state index in [1.165, 1.54) is 0 Å². The van der Waals surface area contributed by atoms with Gasteiger partial charge in [0.25, 0.3) is 5.89 Å². The van der Waals surface area contributed by atoms with Gasteiger partial charge in [-0.1, -0.05) is 0 Å². The molecular formula is C20H21N3O4. The van der Waals surface area contributed by atoms with Crippen LogP contribution >= 0.6 is 0 Å². The Balaban J connectivity index is 1.31. The number of aromatic nitrogens is 2. The number of carbonyl (C=O) groups excluding carboxylic acids is 1. The van der Waals surface area contributed by atoms with Crippen molar-refractivity contribution >= 4 is 5.78 Å². The molecule has 0 unspecified atom stereocenters. The molecule has 3 aromatic rings. The highest BCUT2D eigenvalue weighted by Crippen LogP contribution is 2.29. The van der Waals surface area contributed by atoms with Gasteiger partial charge in [-0.25, -0.2) is 0 Å². The van der Waals surface area contributed by atoms with Crippen LogP contribution in [0.25, 0.3) is 11.7 Å². The molecular weight excluding hydrogens is 346 g/mol. The Morgan fingerprint density at radius 2 is 1.96 bits per heavy atom. The average Bonchev–Trinajstić information content (AvgIpc) is 3.40. The number of furan rings is 1. The van der Waals surface area contributed by atoms with Gasteiger partial charge in [-0.15, -0.1) is 10.2 Å². The van der Waals surface area contributed by atoms with Gasteiger partial charge in [0.15, 0.2) is 11.5 Å². The highest BCUT2D eigenvalue weighted by Gasteiger charge is 2.26. The third kappa shape index (κ3) is 3.93. The van der Waals surface area contributed by atoms with E-state index in [1.54, 1.807) is 25.5 Å². The van der Waals surface area contributed by atoms with Gasteiger partial charge in [0.2, 0.25) is 5.89 Å². The van der Waals surface area contributed by atoms with Crippen molar-refractivity contribution in [1.29, 1.82) is 0 Å². The van der Waals surface area contributed by atoms with Crippen LogP contribution in [0.1, 0.15) is 35.0 Å². The summed E-state index contributed by atoms with van der Waals surface area (Å²) < 4.78 is 16.2. The maximum Gasteiger partial charge on any atom is 0.283 e. The number of likely N-dealkylation sites (tertiary alicyclic amines) is 1. The minimum absolute atomic E-state index is 0.119. The zero-order valence-corrected chi connectivity index (χ0v) is 15.1. The highest BCUT2D eigenvalue weighted by atomic mass is 16.5. The van der Waals surface area contributed by atoms with Crippen molar-refractivity contribution in [1.82, 2.24) is 15.1 Å². The maximum atomic E-state index is 12.5. The molecule has 2 aromatic heterocycles. The van der Waals surface area contributed by atoms with Gasteiger partial charge in [-0.05, 0) is 62.3 Å². The molecule has 0 amide bonds. The first-order valence-electron chi connectivity index (χ1n) is 9.00. The third-order valence-corrected chi connectivity index (χ3v) is 4.89. The SMILES string of the molecule is COc1ccc(C(=O)CN2CCC(c3nnc(-c4ccco4)o3)CC2)cc1. The van der Waals surface area contributed by atoms with E-state index >= 15 is 0 Å². The van der Waals surface area contributed by atoms with Gasteiger partial charge >= 0.3 is 0 Å². The Morgan fingerprint density at radius 1 is 1.19 bits per heavy atom. The smallest absolute Gasteiger partial charge is 0.283 e. The molecule has 0 N–H and O–H groups in total. The summed E-state index contributed by atoms with van der Waals surface area (Å²) in [6, 6.07) is 10.8. The molecule has 0 bridgehead atoms. The number of piperidine rings is 1. The second-order valence-electron chi connectivity index (χ2n) is 6.62. The molecule has 0 spiro atoms. The molecule has 1 fully saturated rings. The number of rotatable bonds is 6. The van der Waals surface area contributed by atoms with Crippen LogP contribution in [0.2, 0.25) is 0 Å². The molecule has 0 aliphatic carbocycles. The van der Waals surface area contributed by atoms with Crippen LogP contribution in [0, 0.1) is 0 Å². The Bertz CT molecular complexity index is 878. The number of ketones is 1. The molecule has 0 saturated carbocycles. The molecule has 1 aliphatic heterocycles. The van der Waals surface area contributed by atoms with Crippen molar-refractivity contribution in [2.24, 2.45) is 0 Å². The van der Waals surface area contributed by atoms with Crippen molar-refractivity contribution < 1.29 is 18.4 Å². The molecule has 0 radical (unpaired) electrons. The summed E-state index contributed by atoms with van der Waals surface area (Å²) in [4.78, 5) is 14.6. The van der Waals surface area contributed by atoms with Crippen molar-refractivity contribution in [3.63, 3.8) is 0 Å². The fraction of sp³-hybridized carbons (Fsp3) is 0.350. The van der Waals surface area contributed by atoms with Crippen molar-refractivity contribution in [3.8, 4) is 17.4 Å². The van der Waals surface area contributed by atoms with E-state index in [9.17, 15) is 4.79 Å². The monoisotopic (exact) mass is 367 g/mol. The van der Waals surface area contributed by atoms with Crippen LogP contribution in [0.4, 0.5) is 0 Å². The van der Waals surface area contributed by atoms with Crippen molar-refractivity contribution in [2.45, 2.75) is 18.8 Å². The maximum absolute atomic E-state index is 12.5. The normalized spacial score (nSPS) is 15.7. The van der Waals surface area contributed by atoms with E-state index < -0.39 is 0 Å². The summed E-state index contributed by atoms with van der Waals surface area (Å²) in [6.07, 6.45) is 3.35. The van der Waals surface area contributed by atoms with Crippen LogP contribution in [0.5, 0.6) is 5.75 Å². The summed E-state index contributed by atoms with van der Waals surface area (Å²) in [5.41, 5.74) is 0.706. The molecule has 27 heavy (non-hydrogen) atoms. The molecule has 3 heterocycles. The minimum Gasteiger partial charge on any atom is -0.497 e. The molecule has 1 saturated heterocycles. The Hall–Kier alpha value is -2.93. The van der Waals surface area contributed by atoms with Gasteiger partial charge in [-0.2, -0.15) is 0 Å². The second kappa shape index (κ2) is 7.75. The first-order valence-corrected chi connectivity index (χ1v) is 9.00. The highest BCUT2D eigenvalue weighted by molar-refractivity contribution is 5.97. The predicted octanol–water partition coefficient (Wildman–Crippen LogP) is 3.40. The standard InChI is InChI=1S/C20H21N3O4/c1-25-16-6-4-14(5-7-16)17(24)13-23-10-8-15(9-11-23)19-21-22-20(27-19)18-3-2-12-26-18/h2-7,12,15H,8-11,13H2,1H3. The number of carbonyl (C=O) groups is 1. The summed E-state index contributed by atoms with van der Waals surface area (Å²) in [5, 5.41) is 8.24. The predicted molar refractivity (Wildman–Crippen MR) is 97.7 cm³/mol. The number of nitrogens with zero attached hydrogens (tertiary/aromatic N) is 3.